The number of aromatic nitrogens is 1. The molecule has 1 saturated heterocycles. The van der Waals surface area contributed by atoms with Crippen LogP contribution in [0.4, 0.5) is 5.69 Å². The minimum Gasteiger partial charge on any atom is -0.368 e. The molecule has 2 atom stereocenters. The molecule has 2 aliphatic heterocycles. The summed E-state index contributed by atoms with van der Waals surface area (Å²) in [4.78, 5) is 34.6. The summed E-state index contributed by atoms with van der Waals surface area (Å²) in [6, 6.07) is 25.7. The van der Waals surface area contributed by atoms with Gasteiger partial charge < -0.3 is 19.3 Å². The number of aryl methyl sites for hydroxylation is 1. The third-order valence-corrected chi connectivity index (χ3v) is 8.25. The van der Waals surface area contributed by atoms with Gasteiger partial charge in [0.15, 0.2) is 0 Å². The van der Waals surface area contributed by atoms with Gasteiger partial charge in [-0.2, -0.15) is 0 Å². The van der Waals surface area contributed by atoms with Crippen molar-refractivity contribution in [2.75, 3.05) is 31.1 Å². The Morgan fingerprint density at radius 2 is 1.51 bits per heavy atom. The van der Waals surface area contributed by atoms with E-state index in [1.165, 1.54) is 5.69 Å². The van der Waals surface area contributed by atoms with Crippen molar-refractivity contribution in [3.05, 3.63) is 102 Å². The number of fused-ring (bicyclic) bond motifs is 2. The van der Waals surface area contributed by atoms with E-state index >= 15 is 0 Å². The topological polar surface area (TPSA) is 48.8 Å². The van der Waals surface area contributed by atoms with Crippen LogP contribution in [-0.2, 0) is 11.8 Å². The predicted molar refractivity (Wildman–Crippen MR) is 156 cm³/mol. The molecular weight excluding hydrogens is 484 g/mol. The van der Waals surface area contributed by atoms with Gasteiger partial charge in [-0.15, -0.1) is 0 Å². The van der Waals surface area contributed by atoms with Crippen LogP contribution in [0.3, 0.4) is 0 Å². The average Bonchev–Trinajstić information content (AvgIpc) is 3.45. The van der Waals surface area contributed by atoms with E-state index in [9.17, 15) is 9.59 Å². The smallest absolute Gasteiger partial charge is 0.255 e. The van der Waals surface area contributed by atoms with Gasteiger partial charge in [0, 0.05) is 67.1 Å². The first-order valence-corrected chi connectivity index (χ1v) is 14.0. The first-order valence-electron chi connectivity index (χ1n) is 14.0. The molecule has 0 spiro atoms. The van der Waals surface area contributed by atoms with E-state index in [4.69, 9.17) is 0 Å². The first-order chi connectivity index (χ1) is 18.9. The summed E-state index contributed by atoms with van der Waals surface area (Å²) in [7, 11) is 2.04. The van der Waals surface area contributed by atoms with Crippen molar-refractivity contribution in [2.45, 2.75) is 32.4 Å². The summed E-state index contributed by atoms with van der Waals surface area (Å²) in [6.45, 7) is 7.13. The molecule has 1 aromatic heterocycles. The molecule has 0 bridgehead atoms. The Balaban J connectivity index is 1.36. The second-order valence-electron chi connectivity index (χ2n) is 11.2. The van der Waals surface area contributed by atoms with Gasteiger partial charge in [-0.1, -0.05) is 68.4 Å². The highest BCUT2D eigenvalue weighted by atomic mass is 16.2. The highest BCUT2D eigenvalue weighted by Gasteiger charge is 2.46. The Morgan fingerprint density at radius 3 is 2.26 bits per heavy atom. The quantitative estimate of drug-likeness (QED) is 0.338. The van der Waals surface area contributed by atoms with Crippen LogP contribution in [0, 0.1) is 5.92 Å². The lowest BCUT2D eigenvalue weighted by molar-refractivity contribution is -0.137. The van der Waals surface area contributed by atoms with Crippen molar-refractivity contribution < 1.29 is 9.59 Å². The van der Waals surface area contributed by atoms with Crippen molar-refractivity contribution in [3.8, 4) is 0 Å². The summed E-state index contributed by atoms with van der Waals surface area (Å²) >= 11 is 0. The molecule has 6 heteroatoms. The minimum absolute atomic E-state index is 0.0505. The minimum atomic E-state index is -0.530. The predicted octanol–water partition coefficient (Wildman–Crippen LogP) is 5.49. The van der Waals surface area contributed by atoms with E-state index in [0.717, 1.165) is 35.1 Å². The number of nitrogens with zero attached hydrogens (tertiary/aromatic N) is 4. The maximum absolute atomic E-state index is 14.3. The summed E-state index contributed by atoms with van der Waals surface area (Å²) in [5.41, 5.74) is 5.06. The number of rotatable bonds is 6. The second kappa shape index (κ2) is 10.3. The Kier molecular flexibility index (Phi) is 6.63. The van der Waals surface area contributed by atoms with Crippen LogP contribution in [-0.4, -0.2) is 58.4 Å². The Bertz CT molecular complexity index is 1500. The summed E-state index contributed by atoms with van der Waals surface area (Å²) in [6.07, 6.45) is 2.76. The number of anilines is 1. The van der Waals surface area contributed by atoms with Gasteiger partial charge in [-0.3, -0.25) is 9.59 Å². The summed E-state index contributed by atoms with van der Waals surface area (Å²) < 4.78 is 2.12. The summed E-state index contributed by atoms with van der Waals surface area (Å²) in [5.74, 6) is 0.266. The molecule has 39 heavy (non-hydrogen) atoms. The van der Waals surface area contributed by atoms with Crippen molar-refractivity contribution in [1.29, 1.82) is 0 Å². The maximum atomic E-state index is 14.3. The monoisotopic (exact) mass is 520 g/mol. The van der Waals surface area contributed by atoms with Crippen LogP contribution < -0.4 is 4.90 Å². The third-order valence-electron chi connectivity index (χ3n) is 8.25. The first kappa shape index (κ1) is 25.2. The van der Waals surface area contributed by atoms with Crippen LogP contribution >= 0.6 is 0 Å². The van der Waals surface area contributed by atoms with E-state index in [1.54, 1.807) is 0 Å². The van der Waals surface area contributed by atoms with Gasteiger partial charge in [0.25, 0.3) is 5.91 Å². The number of amides is 2. The van der Waals surface area contributed by atoms with Crippen LogP contribution in [0.5, 0.6) is 0 Å². The zero-order valence-electron chi connectivity index (χ0n) is 23.0. The van der Waals surface area contributed by atoms with Gasteiger partial charge in [-0.05, 0) is 42.2 Å². The fourth-order valence-corrected chi connectivity index (χ4v) is 6.38. The van der Waals surface area contributed by atoms with E-state index in [2.05, 4.69) is 72.0 Å². The zero-order chi connectivity index (χ0) is 27.1. The maximum Gasteiger partial charge on any atom is 0.255 e. The van der Waals surface area contributed by atoms with E-state index < -0.39 is 6.04 Å². The van der Waals surface area contributed by atoms with Gasteiger partial charge in [0.05, 0.1) is 6.04 Å². The second-order valence-corrected chi connectivity index (χ2v) is 11.2. The van der Waals surface area contributed by atoms with E-state index in [1.807, 2.05) is 53.2 Å². The van der Waals surface area contributed by atoms with Gasteiger partial charge in [-0.25, -0.2) is 0 Å². The molecule has 6 rings (SSSR count). The molecule has 2 aliphatic rings. The molecule has 0 saturated carbocycles. The van der Waals surface area contributed by atoms with Crippen LogP contribution in [0.15, 0.2) is 85.1 Å². The lowest BCUT2D eigenvalue weighted by atomic mass is 9.94. The van der Waals surface area contributed by atoms with Crippen molar-refractivity contribution in [2.24, 2.45) is 13.0 Å². The fourth-order valence-electron chi connectivity index (χ4n) is 6.38. The zero-order valence-corrected chi connectivity index (χ0v) is 23.0. The molecule has 2 unspecified atom stereocenters. The van der Waals surface area contributed by atoms with Crippen molar-refractivity contribution in [3.63, 3.8) is 0 Å². The molecule has 2 amide bonds. The number of benzene rings is 3. The lowest BCUT2D eigenvalue weighted by Gasteiger charge is -2.41. The average molecular weight is 521 g/mol. The van der Waals surface area contributed by atoms with Crippen molar-refractivity contribution in [1.82, 2.24) is 14.4 Å². The number of piperazine rings is 1. The summed E-state index contributed by atoms with van der Waals surface area (Å²) in [5, 5.41) is 1.12. The molecular formula is C33H36N4O2. The number of hydrogen-bond donors (Lipinski definition) is 0. The van der Waals surface area contributed by atoms with Gasteiger partial charge in [0.2, 0.25) is 5.91 Å². The number of carbonyl (C=O) groups excluding carboxylic acids is 2. The Labute approximate surface area is 230 Å². The van der Waals surface area contributed by atoms with E-state index in [0.29, 0.717) is 25.1 Å². The molecule has 0 N–H and O–H groups in total. The fraction of sp³-hybridized carbons (Fsp3) is 0.333. The lowest BCUT2D eigenvalue weighted by Crippen LogP contribution is -2.56. The number of carbonyl (C=O) groups is 2. The molecule has 4 aromatic rings. The molecule has 3 aromatic carbocycles. The third kappa shape index (κ3) is 4.48. The highest BCUT2D eigenvalue weighted by molar-refractivity contribution is 6.03. The van der Waals surface area contributed by atoms with Crippen molar-refractivity contribution >= 4 is 28.4 Å². The number of para-hydroxylation sites is 2. The standard InChI is InChI=1S/C33H36N4O2/c1-23(2)21-30(33(39)36-19-17-35(18-20-36)24-11-5-4-6-12-24)37-31(26-14-7-8-15-27(26)32(37)38)28-22-34(3)29-16-10-9-13-25(28)29/h4-16,22-23,30-31H,17-21H2,1-3H3. The highest BCUT2D eigenvalue weighted by Crippen LogP contribution is 2.44. The molecule has 0 radical (unpaired) electrons. The van der Waals surface area contributed by atoms with Crippen LogP contribution in [0.2, 0.25) is 0 Å². The number of hydrogen-bond acceptors (Lipinski definition) is 3. The normalized spacial score (nSPS) is 18.2. The SMILES string of the molecule is CC(C)CC(C(=O)N1CCN(c2ccccc2)CC1)N1C(=O)c2ccccc2C1c1cn(C)c2ccccc12. The molecule has 6 nitrogen and oxygen atoms in total. The molecule has 3 heterocycles. The molecule has 200 valence electrons. The van der Waals surface area contributed by atoms with Gasteiger partial charge in [0.1, 0.15) is 6.04 Å². The Hall–Kier alpha value is -4.06. The largest absolute Gasteiger partial charge is 0.368 e. The molecule has 1 fully saturated rings. The molecule has 0 aliphatic carbocycles. The van der Waals surface area contributed by atoms with Crippen LogP contribution in [0.1, 0.15) is 47.8 Å². The van der Waals surface area contributed by atoms with Crippen LogP contribution in [0.25, 0.3) is 10.9 Å². The Morgan fingerprint density at radius 1 is 0.846 bits per heavy atom. The van der Waals surface area contributed by atoms with E-state index in [-0.39, 0.29) is 23.8 Å². The van der Waals surface area contributed by atoms with Gasteiger partial charge >= 0.3 is 0 Å².